The zero-order valence-corrected chi connectivity index (χ0v) is 16.4. The molecule has 0 aliphatic heterocycles. The van der Waals surface area contributed by atoms with Gasteiger partial charge in [0.05, 0.1) is 27.0 Å². The molecule has 0 heterocycles. The summed E-state index contributed by atoms with van der Waals surface area (Å²) in [5.41, 5.74) is 1.20. The van der Waals surface area contributed by atoms with Gasteiger partial charge in [0.2, 0.25) is 11.7 Å². The minimum absolute atomic E-state index is 0.182. The standard InChI is InChI=1S/C21H21NO7/c1-12(23)22-16-7-5-13(6-8-19(24)25)9-15(16)20(26)14-10-17(27-2)21(29-4)18(11-14)28-3/h5-11H,1-4H3,(H,22,23)(H,24,25)/b8-6-. The van der Waals surface area contributed by atoms with E-state index in [-0.39, 0.29) is 17.0 Å². The Hall–Kier alpha value is -3.81. The number of rotatable bonds is 8. The van der Waals surface area contributed by atoms with Gasteiger partial charge in [0, 0.05) is 24.1 Å². The Balaban J connectivity index is 2.61. The third-order valence-corrected chi connectivity index (χ3v) is 3.94. The van der Waals surface area contributed by atoms with E-state index in [1.807, 2.05) is 0 Å². The minimum atomic E-state index is -1.12. The van der Waals surface area contributed by atoms with Crippen LogP contribution >= 0.6 is 0 Å². The summed E-state index contributed by atoms with van der Waals surface area (Å²) in [7, 11) is 4.33. The molecule has 0 aliphatic carbocycles. The number of amides is 1. The predicted octanol–water partition coefficient (Wildman–Crippen LogP) is 3.00. The highest BCUT2D eigenvalue weighted by Gasteiger charge is 2.20. The van der Waals surface area contributed by atoms with Crippen molar-refractivity contribution < 1.29 is 33.7 Å². The van der Waals surface area contributed by atoms with Crippen LogP contribution < -0.4 is 19.5 Å². The highest BCUT2D eigenvalue weighted by molar-refractivity contribution is 6.14. The molecule has 2 N–H and O–H groups in total. The van der Waals surface area contributed by atoms with E-state index >= 15 is 0 Å². The first-order valence-electron chi connectivity index (χ1n) is 8.48. The Morgan fingerprint density at radius 3 is 2.07 bits per heavy atom. The Bertz CT molecular complexity index is 954. The van der Waals surface area contributed by atoms with Gasteiger partial charge >= 0.3 is 5.97 Å². The van der Waals surface area contributed by atoms with Crippen LogP contribution in [0.4, 0.5) is 5.69 Å². The number of hydrogen-bond donors (Lipinski definition) is 2. The number of nitrogens with one attached hydrogen (secondary N) is 1. The molecule has 0 aromatic heterocycles. The zero-order valence-electron chi connectivity index (χ0n) is 16.4. The van der Waals surface area contributed by atoms with E-state index in [2.05, 4.69) is 5.32 Å². The summed E-state index contributed by atoms with van der Waals surface area (Å²) in [5, 5.41) is 11.4. The molecule has 2 aromatic rings. The number of methoxy groups -OCH3 is 3. The molecule has 0 atom stereocenters. The van der Waals surface area contributed by atoms with Gasteiger partial charge in [-0.3, -0.25) is 9.59 Å². The van der Waals surface area contributed by atoms with Crippen LogP contribution in [0.3, 0.4) is 0 Å². The highest BCUT2D eigenvalue weighted by Crippen LogP contribution is 2.39. The number of carbonyl (C=O) groups is 3. The number of ether oxygens (including phenoxy) is 3. The summed E-state index contributed by atoms with van der Waals surface area (Å²) >= 11 is 0. The number of carboxylic acids is 1. The third kappa shape index (κ3) is 5.13. The number of anilines is 1. The molecule has 152 valence electrons. The van der Waals surface area contributed by atoms with Crippen molar-refractivity contribution in [3.63, 3.8) is 0 Å². The Morgan fingerprint density at radius 1 is 0.966 bits per heavy atom. The number of benzene rings is 2. The first-order chi connectivity index (χ1) is 13.8. The molecule has 0 saturated carbocycles. The number of hydrogen-bond acceptors (Lipinski definition) is 6. The zero-order chi connectivity index (χ0) is 21.6. The molecule has 8 nitrogen and oxygen atoms in total. The van der Waals surface area contributed by atoms with Crippen LogP contribution in [0.25, 0.3) is 6.08 Å². The van der Waals surface area contributed by atoms with E-state index in [0.717, 1.165) is 6.08 Å². The van der Waals surface area contributed by atoms with E-state index < -0.39 is 11.8 Å². The van der Waals surface area contributed by atoms with Gasteiger partial charge in [-0.05, 0) is 35.9 Å². The summed E-state index contributed by atoms with van der Waals surface area (Å²) < 4.78 is 15.8. The SMILES string of the molecule is COc1cc(C(=O)c2cc(/C=C\C(=O)O)ccc2NC(C)=O)cc(OC)c1OC. The first-order valence-corrected chi connectivity index (χ1v) is 8.48. The summed E-state index contributed by atoms with van der Waals surface area (Å²) in [4.78, 5) is 35.5. The lowest BCUT2D eigenvalue weighted by Gasteiger charge is -2.15. The summed E-state index contributed by atoms with van der Waals surface area (Å²) in [6, 6.07) is 7.63. The molecule has 29 heavy (non-hydrogen) atoms. The van der Waals surface area contributed by atoms with Crippen LogP contribution in [0.5, 0.6) is 17.2 Å². The molecular weight excluding hydrogens is 378 g/mol. The van der Waals surface area contributed by atoms with Crippen molar-refractivity contribution in [1.29, 1.82) is 0 Å². The predicted molar refractivity (Wildman–Crippen MR) is 107 cm³/mol. The Kier molecular flexibility index (Phi) is 6.97. The van der Waals surface area contributed by atoms with Crippen molar-refractivity contribution in [2.45, 2.75) is 6.92 Å². The van der Waals surface area contributed by atoms with Crippen molar-refractivity contribution in [2.24, 2.45) is 0 Å². The second-order valence-electron chi connectivity index (χ2n) is 5.90. The van der Waals surface area contributed by atoms with Crippen LogP contribution in [0.1, 0.15) is 28.4 Å². The lowest BCUT2D eigenvalue weighted by atomic mass is 9.98. The van der Waals surface area contributed by atoms with E-state index in [4.69, 9.17) is 19.3 Å². The molecular formula is C21H21NO7. The molecule has 0 saturated heterocycles. The molecule has 0 unspecified atom stereocenters. The quantitative estimate of drug-likeness (QED) is 0.518. The molecule has 2 rings (SSSR count). The number of ketones is 1. The molecule has 0 radical (unpaired) electrons. The molecule has 0 spiro atoms. The van der Waals surface area contributed by atoms with Crippen molar-refractivity contribution in [3.8, 4) is 17.2 Å². The van der Waals surface area contributed by atoms with Gasteiger partial charge < -0.3 is 24.6 Å². The van der Waals surface area contributed by atoms with Crippen molar-refractivity contribution in [1.82, 2.24) is 0 Å². The lowest BCUT2D eigenvalue weighted by molar-refractivity contribution is -0.131. The maximum Gasteiger partial charge on any atom is 0.328 e. The van der Waals surface area contributed by atoms with E-state index in [1.54, 1.807) is 6.07 Å². The topological polar surface area (TPSA) is 111 Å². The third-order valence-electron chi connectivity index (χ3n) is 3.94. The van der Waals surface area contributed by atoms with Crippen molar-refractivity contribution >= 4 is 29.4 Å². The van der Waals surface area contributed by atoms with Crippen LogP contribution in [-0.4, -0.2) is 44.1 Å². The summed E-state index contributed by atoms with van der Waals surface area (Å²) in [6.07, 6.45) is 2.31. The average Bonchev–Trinajstić information content (AvgIpc) is 2.70. The largest absolute Gasteiger partial charge is 0.493 e. The fourth-order valence-electron chi connectivity index (χ4n) is 2.69. The maximum absolute atomic E-state index is 13.2. The van der Waals surface area contributed by atoms with Gasteiger partial charge in [-0.25, -0.2) is 4.79 Å². The smallest absolute Gasteiger partial charge is 0.328 e. The van der Waals surface area contributed by atoms with Crippen LogP contribution in [0, 0.1) is 0 Å². The lowest BCUT2D eigenvalue weighted by Crippen LogP contribution is -2.12. The van der Waals surface area contributed by atoms with Gasteiger partial charge in [0.1, 0.15) is 0 Å². The van der Waals surface area contributed by atoms with Gasteiger partial charge in [0.25, 0.3) is 0 Å². The number of aliphatic carboxylic acids is 1. The van der Waals surface area contributed by atoms with E-state index in [9.17, 15) is 14.4 Å². The summed E-state index contributed by atoms with van der Waals surface area (Å²) in [6.45, 7) is 1.33. The van der Waals surface area contributed by atoms with Gasteiger partial charge in [-0.2, -0.15) is 0 Å². The van der Waals surface area contributed by atoms with Gasteiger partial charge in [0.15, 0.2) is 17.3 Å². The molecule has 8 heteroatoms. The normalized spacial score (nSPS) is 10.5. The van der Waals surface area contributed by atoms with Gasteiger partial charge in [-0.1, -0.05) is 6.07 Å². The second-order valence-corrected chi connectivity index (χ2v) is 5.90. The molecule has 2 aromatic carbocycles. The minimum Gasteiger partial charge on any atom is -0.493 e. The highest BCUT2D eigenvalue weighted by atomic mass is 16.5. The number of carbonyl (C=O) groups excluding carboxylic acids is 2. The van der Waals surface area contributed by atoms with Crippen LogP contribution in [-0.2, 0) is 9.59 Å². The maximum atomic E-state index is 13.2. The van der Waals surface area contributed by atoms with Crippen LogP contribution in [0.15, 0.2) is 36.4 Å². The molecule has 0 aliphatic rings. The van der Waals surface area contributed by atoms with Crippen LogP contribution in [0.2, 0.25) is 0 Å². The van der Waals surface area contributed by atoms with Crippen molar-refractivity contribution in [3.05, 3.63) is 53.1 Å². The molecule has 0 bridgehead atoms. The monoisotopic (exact) mass is 399 g/mol. The number of carboxylic acid groups (broad SMARTS) is 1. The van der Waals surface area contributed by atoms with Crippen molar-refractivity contribution in [2.75, 3.05) is 26.6 Å². The van der Waals surface area contributed by atoms with Gasteiger partial charge in [-0.15, -0.1) is 0 Å². The molecule has 0 fully saturated rings. The van der Waals surface area contributed by atoms with E-state index in [1.165, 1.54) is 58.6 Å². The fourth-order valence-corrected chi connectivity index (χ4v) is 2.69. The molecule has 1 amide bonds. The average molecular weight is 399 g/mol. The van der Waals surface area contributed by atoms with E-state index in [0.29, 0.717) is 28.5 Å². The second kappa shape index (κ2) is 9.41. The first kappa shape index (κ1) is 21.5. The summed E-state index contributed by atoms with van der Waals surface area (Å²) in [5.74, 6) is -0.937. The fraction of sp³-hybridized carbons (Fsp3) is 0.190. The Morgan fingerprint density at radius 2 is 1.59 bits per heavy atom. The Labute approximate surface area is 167 Å².